The van der Waals surface area contributed by atoms with Crippen LogP contribution in [0.25, 0.3) is 5.52 Å². The van der Waals surface area contributed by atoms with Gasteiger partial charge < -0.3 is 9.64 Å². The van der Waals surface area contributed by atoms with E-state index in [9.17, 15) is 4.79 Å². The molecular weight excluding hydrogens is 278 g/mol. The molecule has 1 amide bonds. The molecule has 1 saturated heterocycles. The van der Waals surface area contributed by atoms with Crippen molar-refractivity contribution in [2.24, 2.45) is 0 Å². The summed E-state index contributed by atoms with van der Waals surface area (Å²) in [6.07, 6.45) is 6.91. The van der Waals surface area contributed by atoms with Crippen LogP contribution in [-0.2, 0) is 14.9 Å². The van der Waals surface area contributed by atoms with Gasteiger partial charge in [0.25, 0.3) is 0 Å². The molecule has 116 valence electrons. The number of ether oxygens (including phenoxy) is 1. The monoisotopic (exact) mass is 299 g/mol. The fourth-order valence-electron chi connectivity index (χ4n) is 3.62. The number of morpholine rings is 1. The van der Waals surface area contributed by atoms with E-state index in [2.05, 4.69) is 24.2 Å². The van der Waals surface area contributed by atoms with Gasteiger partial charge in [0.2, 0.25) is 5.91 Å². The van der Waals surface area contributed by atoms with Crippen molar-refractivity contribution in [2.45, 2.75) is 31.6 Å². The highest BCUT2D eigenvalue weighted by atomic mass is 16.5. The first-order chi connectivity index (χ1) is 10.7. The van der Waals surface area contributed by atoms with E-state index >= 15 is 0 Å². The summed E-state index contributed by atoms with van der Waals surface area (Å²) < 4.78 is 7.27. The van der Waals surface area contributed by atoms with E-state index in [1.165, 1.54) is 0 Å². The molecule has 0 aromatic carbocycles. The molecule has 0 bridgehead atoms. The van der Waals surface area contributed by atoms with Gasteiger partial charge in [0.1, 0.15) is 0 Å². The third-order valence-electron chi connectivity index (χ3n) is 5.18. The molecule has 4 rings (SSSR count). The van der Waals surface area contributed by atoms with Gasteiger partial charge in [0.15, 0.2) is 0 Å². The Hall–Kier alpha value is -1.88. The van der Waals surface area contributed by atoms with Crippen molar-refractivity contribution in [3.05, 3.63) is 35.7 Å². The fourth-order valence-corrected chi connectivity index (χ4v) is 3.62. The summed E-state index contributed by atoms with van der Waals surface area (Å²) in [6.45, 7) is 4.78. The number of carbonyl (C=O) groups excluding carboxylic acids is 1. The molecule has 1 saturated carbocycles. The number of rotatable bonds is 2. The maximum Gasteiger partial charge on any atom is 0.233 e. The minimum absolute atomic E-state index is 0.269. The third kappa shape index (κ3) is 1.96. The van der Waals surface area contributed by atoms with E-state index in [4.69, 9.17) is 4.74 Å². The molecule has 1 aliphatic heterocycles. The van der Waals surface area contributed by atoms with Crippen LogP contribution in [0.4, 0.5) is 0 Å². The SMILES string of the molecule is Cc1cnn2cc(C3(C(=O)N4CCOCC4)CCC3)ccc12. The summed E-state index contributed by atoms with van der Waals surface area (Å²) in [7, 11) is 0. The zero-order valence-electron chi connectivity index (χ0n) is 12.9. The first-order valence-electron chi connectivity index (χ1n) is 8.02. The van der Waals surface area contributed by atoms with Crippen LogP contribution in [0.3, 0.4) is 0 Å². The van der Waals surface area contributed by atoms with Crippen molar-refractivity contribution >= 4 is 11.4 Å². The summed E-state index contributed by atoms with van der Waals surface area (Å²) in [5.41, 5.74) is 3.03. The average Bonchev–Trinajstić information content (AvgIpc) is 2.88. The predicted octanol–water partition coefficient (Wildman–Crippen LogP) is 1.92. The van der Waals surface area contributed by atoms with Crippen LogP contribution in [0.5, 0.6) is 0 Å². The standard InChI is InChI=1S/C17H21N3O2/c1-13-11-18-20-12-14(3-4-15(13)20)17(5-2-6-17)16(21)19-7-9-22-10-8-19/h3-4,11-12H,2,5-10H2,1H3. The van der Waals surface area contributed by atoms with E-state index < -0.39 is 0 Å². The van der Waals surface area contributed by atoms with Crippen LogP contribution in [0, 0.1) is 6.92 Å². The van der Waals surface area contributed by atoms with Crippen LogP contribution in [0.1, 0.15) is 30.4 Å². The predicted molar refractivity (Wildman–Crippen MR) is 82.9 cm³/mol. The van der Waals surface area contributed by atoms with Gasteiger partial charge in [0, 0.05) is 19.3 Å². The summed E-state index contributed by atoms with van der Waals surface area (Å²) in [5.74, 6) is 0.269. The number of pyridine rings is 1. The number of hydrogen-bond acceptors (Lipinski definition) is 3. The maximum absolute atomic E-state index is 13.1. The van der Waals surface area contributed by atoms with Crippen LogP contribution in [0.15, 0.2) is 24.5 Å². The van der Waals surface area contributed by atoms with E-state index in [1.54, 1.807) is 0 Å². The Kier molecular flexibility index (Phi) is 3.18. The van der Waals surface area contributed by atoms with Crippen molar-refractivity contribution in [1.82, 2.24) is 14.5 Å². The summed E-state index contributed by atoms with van der Waals surface area (Å²) in [4.78, 5) is 15.1. The Morgan fingerprint density at radius 2 is 2.05 bits per heavy atom. The van der Waals surface area contributed by atoms with Crippen LogP contribution in [0.2, 0.25) is 0 Å². The Balaban J connectivity index is 1.70. The Morgan fingerprint density at radius 3 is 2.73 bits per heavy atom. The third-order valence-corrected chi connectivity index (χ3v) is 5.18. The molecule has 5 nitrogen and oxygen atoms in total. The first kappa shape index (κ1) is 13.8. The summed E-state index contributed by atoms with van der Waals surface area (Å²) in [6, 6.07) is 4.20. The van der Waals surface area contributed by atoms with Gasteiger partial charge in [-0.25, -0.2) is 4.52 Å². The van der Waals surface area contributed by atoms with E-state index in [0.29, 0.717) is 26.3 Å². The molecule has 5 heteroatoms. The molecule has 2 fully saturated rings. The van der Waals surface area contributed by atoms with Gasteiger partial charge in [-0.2, -0.15) is 5.10 Å². The molecule has 2 aromatic rings. The lowest BCUT2D eigenvalue weighted by molar-refractivity contribution is -0.145. The van der Waals surface area contributed by atoms with Crippen molar-refractivity contribution in [1.29, 1.82) is 0 Å². The number of fused-ring (bicyclic) bond motifs is 1. The summed E-state index contributed by atoms with van der Waals surface area (Å²) in [5, 5.41) is 4.39. The highest BCUT2D eigenvalue weighted by Gasteiger charge is 2.48. The highest BCUT2D eigenvalue weighted by molar-refractivity contribution is 5.89. The van der Waals surface area contributed by atoms with Gasteiger partial charge in [-0.15, -0.1) is 0 Å². The minimum atomic E-state index is -0.342. The van der Waals surface area contributed by atoms with Crippen molar-refractivity contribution in [3.8, 4) is 0 Å². The molecule has 0 unspecified atom stereocenters. The van der Waals surface area contributed by atoms with Crippen LogP contribution in [-0.4, -0.2) is 46.7 Å². The van der Waals surface area contributed by atoms with Crippen LogP contribution >= 0.6 is 0 Å². The number of aryl methyl sites for hydroxylation is 1. The molecule has 2 aliphatic rings. The highest BCUT2D eigenvalue weighted by Crippen LogP contribution is 2.45. The first-order valence-corrected chi connectivity index (χ1v) is 8.02. The number of nitrogens with zero attached hydrogens (tertiary/aromatic N) is 3. The Bertz CT molecular complexity index is 712. The van der Waals surface area contributed by atoms with Gasteiger partial charge in [0.05, 0.1) is 30.3 Å². The average molecular weight is 299 g/mol. The quantitative estimate of drug-likeness (QED) is 0.851. The molecule has 3 heterocycles. The number of hydrogen-bond donors (Lipinski definition) is 0. The van der Waals surface area contributed by atoms with E-state index in [1.807, 2.05) is 21.8 Å². The molecule has 0 atom stereocenters. The number of amides is 1. The van der Waals surface area contributed by atoms with Gasteiger partial charge in [-0.3, -0.25) is 4.79 Å². The second-order valence-corrected chi connectivity index (χ2v) is 6.42. The smallest absolute Gasteiger partial charge is 0.233 e. The second-order valence-electron chi connectivity index (χ2n) is 6.42. The van der Waals surface area contributed by atoms with Crippen molar-refractivity contribution in [3.63, 3.8) is 0 Å². The fraction of sp³-hybridized carbons (Fsp3) is 0.529. The van der Waals surface area contributed by atoms with Crippen LogP contribution < -0.4 is 0 Å². The van der Waals surface area contributed by atoms with Crippen molar-refractivity contribution < 1.29 is 9.53 Å². The van der Waals surface area contributed by atoms with E-state index in [0.717, 1.165) is 35.9 Å². The summed E-state index contributed by atoms with van der Waals surface area (Å²) >= 11 is 0. The lowest BCUT2D eigenvalue weighted by Crippen LogP contribution is -2.54. The topological polar surface area (TPSA) is 46.8 Å². The minimum Gasteiger partial charge on any atom is -0.378 e. The lowest BCUT2D eigenvalue weighted by atomic mass is 9.64. The number of aromatic nitrogens is 2. The van der Waals surface area contributed by atoms with E-state index in [-0.39, 0.29) is 11.3 Å². The Labute approximate surface area is 129 Å². The molecule has 0 N–H and O–H groups in total. The molecule has 22 heavy (non-hydrogen) atoms. The molecule has 1 aliphatic carbocycles. The molecular formula is C17H21N3O2. The molecule has 0 radical (unpaired) electrons. The van der Waals surface area contributed by atoms with Gasteiger partial charge in [-0.05, 0) is 37.0 Å². The lowest BCUT2D eigenvalue weighted by Gasteiger charge is -2.44. The largest absolute Gasteiger partial charge is 0.378 e. The zero-order chi connectivity index (χ0) is 15.2. The Morgan fingerprint density at radius 1 is 1.27 bits per heavy atom. The number of carbonyl (C=O) groups is 1. The zero-order valence-corrected chi connectivity index (χ0v) is 12.9. The molecule has 0 spiro atoms. The van der Waals surface area contributed by atoms with Crippen molar-refractivity contribution in [2.75, 3.05) is 26.3 Å². The maximum atomic E-state index is 13.1. The normalized spacial score (nSPS) is 20.9. The van der Waals surface area contributed by atoms with Gasteiger partial charge in [-0.1, -0.05) is 12.5 Å². The van der Waals surface area contributed by atoms with Gasteiger partial charge >= 0.3 is 0 Å². The second kappa shape index (κ2) is 5.09. The molecule has 2 aromatic heterocycles.